The quantitative estimate of drug-likeness (QED) is 0.188. The number of benzene rings is 1. The zero-order valence-corrected chi connectivity index (χ0v) is 17.3. The molecular weight excluding hydrogens is 452 g/mol. The van der Waals surface area contributed by atoms with Crippen LogP contribution in [0.15, 0.2) is 42.0 Å². The number of amides is 1. The fourth-order valence-corrected chi connectivity index (χ4v) is 2.87. The molecule has 0 saturated carbocycles. The molecule has 1 unspecified atom stereocenters. The minimum Gasteiger partial charge on any atom is -0.481 e. The van der Waals surface area contributed by atoms with Gasteiger partial charge in [-0.25, -0.2) is 19.7 Å². The Kier molecular flexibility index (Phi) is 7.38. The Labute approximate surface area is 190 Å². The van der Waals surface area contributed by atoms with Crippen molar-refractivity contribution in [2.24, 2.45) is 5.34 Å². The average molecular weight is 470 g/mol. The minimum absolute atomic E-state index is 0.0881. The summed E-state index contributed by atoms with van der Waals surface area (Å²) in [4.78, 5) is 65.8. The molecule has 34 heavy (non-hydrogen) atoms. The van der Waals surface area contributed by atoms with E-state index in [-0.39, 0.29) is 11.5 Å². The molecule has 3 rings (SSSR count). The van der Waals surface area contributed by atoms with Crippen LogP contribution in [0.25, 0.3) is 11.2 Å². The summed E-state index contributed by atoms with van der Waals surface area (Å²) in [7, 11) is 0. The zero-order chi connectivity index (χ0) is 24.7. The van der Waals surface area contributed by atoms with E-state index in [1.165, 1.54) is 24.5 Å². The molecule has 0 aliphatic heterocycles. The van der Waals surface area contributed by atoms with Crippen LogP contribution in [0, 0.1) is 4.91 Å². The van der Waals surface area contributed by atoms with Crippen LogP contribution in [-0.4, -0.2) is 60.1 Å². The number of rotatable bonds is 11. The number of nitrogens with one attached hydrogen (secondary N) is 2. The van der Waals surface area contributed by atoms with Gasteiger partial charge < -0.3 is 31.4 Å². The summed E-state index contributed by atoms with van der Waals surface area (Å²) >= 11 is 0. The number of carbonyl (C=O) groups excluding carboxylic acids is 1. The second-order valence-corrected chi connectivity index (χ2v) is 6.83. The van der Waals surface area contributed by atoms with Crippen LogP contribution in [0.3, 0.4) is 0 Å². The molecule has 1 aromatic carbocycles. The highest BCUT2D eigenvalue weighted by Crippen LogP contribution is 2.14. The molecule has 2 atom stereocenters. The summed E-state index contributed by atoms with van der Waals surface area (Å²) in [5.74, 6) is -3.75. The van der Waals surface area contributed by atoms with Gasteiger partial charge in [0.25, 0.3) is 5.91 Å². The highest BCUT2D eigenvalue weighted by molar-refractivity contribution is 5.97. The molecule has 2 aromatic heterocycles. The minimum atomic E-state index is -1.81. The Balaban J connectivity index is 1.64. The molecule has 0 radical (unpaired) electrons. The zero-order valence-electron chi connectivity index (χ0n) is 17.3. The maximum absolute atomic E-state index is 12.4. The maximum atomic E-state index is 12.4. The predicted octanol–water partition coefficient (Wildman–Crippen LogP) is 0.338. The van der Waals surface area contributed by atoms with E-state index in [1.54, 1.807) is 12.1 Å². The standard InChI is InChI=1S/C19H18N8O7/c20-19-23-8-12-16(26-19)22-7-11(24-12)6-21-10-3-1-9(2-4-10)17(30)25-15(18(31)32)13(34-27-33)5-14(28)29/h1-4,7-8,13,15,21H,5-6H2,(H,25,30)(H,28,29)(H,31,32)(H2,20,22,23,26)/t13?,15-/m0/s1. The van der Waals surface area contributed by atoms with Crippen LogP contribution in [0.5, 0.6) is 0 Å². The summed E-state index contributed by atoms with van der Waals surface area (Å²) in [6.45, 7) is 0.298. The molecule has 0 aliphatic carbocycles. The number of nitrogens with zero attached hydrogens (tertiary/aromatic N) is 5. The van der Waals surface area contributed by atoms with Gasteiger partial charge in [-0.15, -0.1) is 4.91 Å². The number of carboxylic acid groups (broad SMARTS) is 2. The number of aliphatic carboxylic acids is 2. The number of nitrogens with two attached hydrogens (primary N) is 1. The number of fused-ring (bicyclic) bond motifs is 1. The van der Waals surface area contributed by atoms with Crippen molar-refractivity contribution in [3.05, 3.63) is 52.8 Å². The smallest absolute Gasteiger partial charge is 0.330 e. The number of carboxylic acids is 2. The summed E-state index contributed by atoms with van der Waals surface area (Å²) in [5, 5.41) is 25.5. The van der Waals surface area contributed by atoms with Gasteiger partial charge in [0.15, 0.2) is 23.1 Å². The average Bonchev–Trinajstić information content (AvgIpc) is 2.80. The van der Waals surface area contributed by atoms with Gasteiger partial charge in [0.1, 0.15) is 5.52 Å². The number of nitrogen functional groups attached to an aromatic ring is 1. The highest BCUT2D eigenvalue weighted by Gasteiger charge is 2.34. The molecule has 2 heterocycles. The van der Waals surface area contributed by atoms with Gasteiger partial charge in [0.2, 0.25) is 5.95 Å². The van der Waals surface area contributed by atoms with E-state index >= 15 is 0 Å². The summed E-state index contributed by atoms with van der Waals surface area (Å²) in [5.41, 5.74) is 7.66. The van der Waals surface area contributed by atoms with E-state index in [4.69, 9.17) is 10.8 Å². The van der Waals surface area contributed by atoms with E-state index in [2.05, 4.69) is 40.7 Å². The summed E-state index contributed by atoms with van der Waals surface area (Å²) in [6, 6.07) is 4.17. The number of aromatic nitrogens is 4. The van der Waals surface area contributed by atoms with Crippen LogP contribution >= 0.6 is 0 Å². The molecule has 1 amide bonds. The normalized spacial score (nSPS) is 12.4. The van der Waals surface area contributed by atoms with E-state index in [0.29, 0.717) is 29.1 Å². The number of hydrogen-bond donors (Lipinski definition) is 5. The van der Waals surface area contributed by atoms with Crippen molar-refractivity contribution < 1.29 is 29.4 Å². The largest absolute Gasteiger partial charge is 0.481 e. The molecule has 0 bridgehead atoms. The van der Waals surface area contributed by atoms with Crippen LogP contribution in [0.1, 0.15) is 22.5 Å². The van der Waals surface area contributed by atoms with Crippen molar-refractivity contribution in [1.82, 2.24) is 25.3 Å². The van der Waals surface area contributed by atoms with E-state index in [0.717, 1.165) is 0 Å². The third-order valence-electron chi connectivity index (χ3n) is 4.47. The Morgan fingerprint density at radius 2 is 1.82 bits per heavy atom. The van der Waals surface area contributed by atoms with Crippen molar-refractivity contribution >= 4 is 40.6 Å². The van der Waals surface area contributed by atoms with Gasteiger partial charge in [-0.2, -0.15) is 4.98 Å². The van der Waals surface area contributed by atoms with Gasteiger partial charge in [0, 0.05) is 11.3 Å². The van der Waals surface area contributed by atoms with Gasteiger partial charge in [-0.1, -0.05) is 0 Å². The molecule has 176 valence electrons. The lowest BCUT2D eigenvalue weighted by atomic mass is 10.1. The second-order valence-electron chi connectivity index (χ2n) is 6.83. The number of carbonyl (C=O) groups is 3. The Hall–Kier alpha value is -4.95. The van der Waals surface area contributed by atoms with Crippen LogP contribution in [0.4, 0.5) is 11.6 Å². The predicted molar refractivity (Wildman–Crippen MR) is 115 cm³/mol. The van der Waals surface area contributed by atoms with Crippen molar-refractivity contribution in [1.29, 1.82) is 0 Å². The van der Waals surface area contributed by atoms with Gasteiger partial charge >= 0.3 is 11.9 Å². The first-order valence-corrected chi connectivity index (χ1v) is 9.59. The molecule has 3 aromatic rings. The molecule has 15 heteroatoms. The van der Waals surface area contributed by atoms with Crippen molar-refractivity contribution in [3.63, 3.8) is 0 Å². The molecule has 0 spiro atoms. The lowest BCUT2D eigenvalue weighted by Gasteiger charge is -2.20. The lowest BCUT2D eigenvalue weighted by Crippen LogP contribution is -2.50. The van der Waals surface area contributed by atoms with Crippen LogP contribution in [0.2, 0.25) is 0 Å². The summed E-state index contributed by atoms with van der Waals surface area (Å²) < 4.78 is 0. The number of anilines is 2. The fraction of sp³-hybridized carbons (Fsp3) is 0.211. The van der Waals surface area contributed by atoms with Crippen molar-refractivity contribution in [2.45, 2.75) is 25.1 Å². The SMILES string of the molecule is Nc1ncc2nc(CNc3ccc(C(=O)N[C@H](C(=O)O)C(CC(=O)O)ON=O)cc3)cnc2n1. The Bertz CT molecular complexity index is 1220. The molecule has 15 nitrogen and oxygen atoms in total. The lowest BCUT2D eigenvalue weighted by molar-refractivity contribution is -0.147. The Morgan fingerprint density at radius 1 is 1.09 bits per heavy atom. The third kappa shape index (κ3) is 6.06. The van der Waals surface area contributed by atoms with E-state index < -0.39 is 36.4 Å². The van der Waals surface area contributed by atoms with Gasteiger partial charge in [-0.05, 0) is 24.3 Å². The highest BCUT2D eigenvalue weighted by atomic mass is 16.7. The maximum Gasteiger partial charge on any atom is 0.330 e. The summed E-state index contributed by atoms with van der Waals surface area (Å²) in [6.07, 6.45) is 0.438. The van der Waals surface area contributed by atoms with Crippen LogP contribution < -0.4 is 16.4 Å². The van der Waals surface area contributed by atoms with Gasteiger partial charge in [0.05, 0.1) is 31.1 Å². The first-order valence-electron chi connectivity index (χ1n) is 9.59. The van der Waals surface area contributed by atoms with Gasteiger partial charge in [-0.3, -0.25) is 9.59 Å². The monoisotopic (exact) mass is 470 g/mol. The Morgan fingerprint density at radius 3 is 2.47 bits per heavy atom. The van der Waals surface area contributed by atoms with E-state index in [9.17, 15) is 24.4 Å². The number of hydrogen-bond acceptors (Lipinski definition) is 12. The van der Waals surface area contributed by atoms with Crippen molar-refractivity contribution in [3.8, 4) is 0 Å². The first-order chi connectivity index (χ1) is 16.3. The molecule has 0 saturated heterocycles. The van der Waals surface area contributed by atoms with Crippen molar-refractivity contribution in [2.75, 3.05) is 11.1 Å². The molecular formula is C19H18N8O7. The fourth-order valence-electron chi connectivity index (χ4n) is 2.87. The van der Waals surface area contributed by atoms with E-state index in [1.807, 2.05) is 0 Å². The second kappa shape index (κ2) is 10.6. The molecule has 0 fully saturated rings. The molecule has 0 aliphatic rings. The molecule has 6 N–H and O–H groups in total. The topological polar surface area (TPSA) is 232 Å². The third-order valence-corrected chi connectivity index (χ3v) is 4.47. The van der Waals surface area contributed by atoms with Crippen LogP contribution in [-0.2, 0) is 21.0 Å². The first kappa shape index (κ1) is 23.7.